The van der Waals surface area contributed by atoms with E-state index in [4.69, 9.17) is 5.11 Å². The largest absolute Gasteiger partial charge is 0.481 e. The van der Waals surface area contributed by atoms with E-state index in [0.29, 0.717) is 12.1 Å². The highest BCUT2D eigenvalue weighted by molar-refractivity contribution is 7.92. The lowest BCUT2D eigenvalue weighted by Gasteiger charge is -2.13. The van der Waals surface area contributed by atoms with Gasteiger partial charge in [-0.05, 0) is 49.1 Å². The van der Waals surface area contributed by atoms with Gasteiger partial charge in [0, 0.05) is 6.42 Å². The summed E-state index contributed by atoms with van der Waals surface area (Å²) in [6.45, 7) is 3.69. The molecule has 2 rings (SSSR count). The summed E-state index contributed by atoms with van der Waals surface area (Å²) in [4.78, 5) is 10.7. The molecule has 0 fully saturated rings. The summed E-state index contributed by atoms with van der Waals surface area (Å²) in [5.74, 6) is -0.876. The van der Waals surface area contributed by atoms with E-state index in [1.807, 2.05) is 32.0 Å². The van der Waals surface area contributed by atoms with Crippen LogP contribution in [0, 0.1) is 13.8 Å². The molecule has 0 heterocycles. The van der Waals surface area contributed by atoms with Crippen molar-refractivity contribution in [3.05, 3.63) is 59.2 Å². The third kappa shape index (κ3) is 4.32. The molecule has 5 nitrogen and oxygen atoms in total. The Morgan fingerprint density at radius 3 is 2.13 bits per heavy atom. The number of hydrogen-bond donors (Lipinski definition) is 2. The minimum Gasteiger partial charge on any atom is -0.481 e. The van der Waals surface area contributed by atoms with Crippen molar-refractivity contribution in [3.8, 4) is 0 Å². The van der Waals surface area contributed by atoms with Gasteiger partial charge in [0.15, 0.2) is 0 Å². The van der Waals surface area contributed by atoms with Crippen LogP contribution >= 0.6 is 0 Å². The Bertz CT molecular complexity index is 791. The predicted octanol–water partition coefficient (Wildman–Crippen LogP) is 3.12. The second kappa shape index (κ2) is 6.83. The summed E-state index contributed by atoms with van der Waals surface area (Å²) in [5, 5.41) is 8.67. The Kier molecular flexibility index (Phi) is 5.05. The van der Waals surface area contributed by atoms with Gasteiger partial charge >= 0.3 is 5.97 Å². The maximum atomic E-state index is 12.5. The van der Waals surface area contributed by atoms with Gasteiger partial charge in [-0.15, -0.1) is 0 Å². The van der Waals surface area contributed by atoms with Gasteiger partial charge in [-0.1, -0.05) is 30.3 Å². The SMILES string of the molecule is Cc1cccc(C)c1NS(=O)(=O)c1ccc(CCC(=O)O)cc1. The van der Waals surface area contributed by atoms with Crippen LogP contribution in [0.4, 0.5) is 5.69 Å². The van der Waals surface area contributed by atoms with Gasteiger partial charge in [0.05, 0.1) is 10.6 Å². The van der Waals surface area contributed by atoms with E-state index in [-0.39, 0.29) is 11.3 Å². The average molecular weight is 333 g/mol. The van der Waals surface area contributed by atoms with Crippen molar-refractivity contribution in [3.63, 3.8) is 0 Å². The Morgan fingerprint density at radius 1 is 1.04 bits per heavy atom. The Balaban J connectivity index is 2.21. The van der Waals surface area contributed by atoms with Gasteiger partial charge in [0.25, 0.3) is 10.0 Å². The zero-order valence-corrected chi connectivity index (χ0v) is 13.9. The van der Waals surface area contributed by atoms with Gasteiger partial charge in [0.2, 0.25) is 0 Å². The number of carboxylic acid groups (broad SMARTS) is 1. The zero-order chi connectivity index (χ0) is 17.0. The molecule has 0 unspecified atom stereocenters. The van der Waals surface area contributed by atoms with Crippen LogP contribution in [-0.2, 0) is 21.2 Å². The van der Waals surface area contributed by atoms with Crippen molar-refractivity contribution in [1.29, 1.82) is 0 Å². The summed E-state index contributed by atoms with van der Waals surface area (Å²) in [6.07, 6.45) is 0.396. The molecule has 2 N–H and O–H groups in total. The lowest BCUT2D eigenvalue weighted by molar-refractivity contribution is -0.136. The van der Waals surface area contributed by atoms with Crippen LogP contribution in [0.2, 0.25) is 0 Å². The molecule has 0 atom stereocenters. The molecule has 2 aromatic rings. The molecule has 0 aliphatic rings. The molecule has 0 spiro atoms. The lowest BCUT2D eigenvalue weighted by atomic mass is 10.1. The number of carbonyl (C=O) groups is 1. The number of para-hydroxylation sites is 1. The molecule has 0 aliphatic carbocycles. The van der Waals surface area contributed by atoms with Crippen LogP contribution in [0.3, 0.4) is 0 Å². The molecule has 0 saturated carbocycles. The number of sulfonamides is 1. The fourth-order valence-electron chi connectivity index (χ4n) is 2.26. The minimum atomic E-state index is -3.67. The number of carboxylic acids is 1. The van der Waals surface area contributed by atoms with Crippen LogP contribution in [0.25, 0.3) is 0 Å². The van der Waals surface area contributed by atoms with Crippen molar-refractivity contribution in [2.24, 2.45) is 0 Å². The number of nitrogens with one attached hydrogen (secondary N) is 1. The highest BCUT2D eigenvalue weighted by Gasteiger charge is 2.16. The van der Waals surface area contributed by atoms with E-state index < -0.39 is 16.0 Å². The molecule has 6 heteroatoms. The minimum absolute atomic E-state index is 0.0206. The van der Waals surface area contributed by atoms with Gasteiger partial charge in [-0.25, -0.2) is 8.42 Å². The Labute approximate surface area is 136 Å². The van der Waals surface area contributed by atoms with Crippen molar-refractivity contribution < 1.29 is 18.3 Å². The normalized spacial score (nSPS) is 11.2. The molecule has 0 saturated heterocycles. The second-order valence-corrected chi connectivity index (χ2v) is 7.09. The van der Waals surface area contributed by atoms with Crippen LogP contribution in [-0.4, -0.2) is 19.5 Å². The number of aliphatic carboxylic acids is 1. The van der Waals surface area contributed by atoms with E-state index in [9.17, 15) is 13.2 Å². The first-order chi connectivity index (χ1) is 10.8. The first-order valence-electron chi connectivity index (χ1n) is 7.19. The van der Waals surface area contributed by atoms with Gasteiger partial charge in [-0.3, -0.25) is 9.52 Å². The molecule has 0 aliphatic heterocycles. The number of anilines is 1. The predicted molar refractivity (Wildman–Crippen MR) is 89.1 cm³/mol. The van der Waals surface area contributed by atoms with E-state index in [0.717, 1.165) is 16.7 Å². The monoisotopic (exact) mass is 333 g/mol. The molecule has 0 amide bonds. The van der Waals surface area contributed by atoms with Crippen molar-refractivity contribution >= 4 is 21.7 Å². The molecule has 0 radical (unpaired) electrons. The quantitative estimate of drug-likeness (QED) is 0.851. The third-order valence-corrected chi connectivity index (χ3v) is 4.94. The first kappa shape index (κ1) is 17.0. The third-order valence-electron chi connectivity index (χ3n) is 3.58. The van der Waals surface area contributed by atoms with Gasteiger partial charge in [0.1, 0.15) is 0 Å². The topological polar surface area (TPSA) is 83.5 Å². The number of rotatable bonds is 6. The maximum absolute atomic E-state index is 12.5. The molecular formula is C17H19NO4S. The lowest BCUT2D eigenvalue weighted by Crippen LogP contribution is -2.14. The summed E-state index contributed by atoms with van der Waals surface area (Å²) in [6, 6.07) is 11.8. The Morgan fingerprint density at radius 2 is 1.61 bits per heavy atom. The summed E-state index contributed by atoms with van der Waals surface area (Å²) in [7, 11) is -3.67. The highest BCUT2D eigenvalue weighted by Crippen LogP contribution is 2.23. The number of aryl methyl sites for hydroxylation is 3. The molecular weight excluding hydrogens is 314 g/mol. The average Bonchev–Trinajstić information content (AvgIpc) is 2.49. The number of hydrogen-bond acceptors (Lipinski definition) is 3. The zero-order valence-electron chi connectivity index (χ0n) is 13.0. The van der Waals surface area contributed by atoms with Crippen molar-refractivity contribution in [1.82, 2.24) is 0 Å². The van der Waals surface area contributed by atoms with Crippen LogP contribution in [0.5, 0.6) is 0 Å². The van der Waals surface area contributed by atoms with E-state index in [2.05, 4.69) is 4.72 Å². The standard InChI is InChI=1S/C17H19NO4S/c1-12-4-3-5-13(2)17(12)18-23(21,22)15-9-6-14(7-10-15)8-11-16(19)20/h3-7,9-10,18H,8,11H2,1-2H3,(H,19,20). The second-order valence-electron chi connectivity index (χ2n) is 5.41. The summed E-state index contributed by atoms with van der Waals surface area (Å²) in [5.41, 5.74) is 3.08. The van der Waals surface area contributed by atoms with E-state index in [1.165, 1.54) is 12.1 Å². The van der Waals surface area contributed by atoms with Crippen LogP contribution in [0.15, 0.2) is 47.4 Å². The summed E-state index contributed by atoms with van der Waals surface area (Å²) < 4.78 is 27.6. The fraction of sp³-hybridized carbons (Fsp3) is 0.235. The number of benzene rings is 2. The Hall–Kier alpha value is -2.34. The fourth-order valence-corrected chi connectivity index (χ4v) is 3.46. The van der Waals surface area contributed by atoms with Crippen molar-refractivity contribution in [2.45, 2.75) is 31.6 Å². The van der Waals surface area contributed by atoms with Crippen molar-refractivity contribution in [2.75, 3.05) is 4.72 Å². The molecule has 0 bridgehead atoms. The van der Waals surface area contributed by atoms with E-state index in [1.54, 1.807) is 12.1 Å². The smallest absolute Gasteiger partial charge is 0.303 e. The molecule has 122 valence electrons. The summed E-state index contributed by atoms with van der Waals surface area (Å²) >= 11 is 0. The van der Waals surface area contributed by atoms with E-state index >= 15 is 0 Å². The molecule has 0 aromatic heterocycles. The van der Waals surface area contributed by atoms with Gasteiger partial charge in [-0.2, -0.15) is 0 Å². The first-order valence-corrected chi connectivity index (χ1v) is 8.67. The maximum Gasteiger partial charge on any atom is 0.303 e. The van der Waals surface area contributed by atoms with Crippen LogP contribution in [0.1, 0.15) is 23.1 Å². The van der Waals surface area contributed by atoms with Crippen LogP contribution < -0.4 is 4.72 Å². The molecule has 2 aromatic carbocycles. The highest BCUT2D eigenvalue weighted by atomic mass is 32.2. The molecule has 23 heavy (non-hydrogen) atoms. The van der Waals surface area contributed by atoms with Gasteiger partial charge < -0.3 is 5.11 Å².